The molecule has 1 unspecified atom stereocenters. The quantitative estimate of drug-likeness (QED) is 0.793. The van der Waals surface area contributed by atoms with E-state index in [0.29, 0.717) is 16.6 Å². The van der Waals surface area contributed by atoms with Crippen LogP contribution in [0, 0.1) is 0 Å². The van der Waals surface area contributed by atoms with E-state index in [4.69, 9.17) is 23.2 Å². The molecule has 0 heterocycles. The summed E-state index contributed by atoms with van der Waals surface area (Å²) in [5.74, 6) is -0.0186. The van der Waals surface area contributed by atoms with Crippen molar-refractivity contribution in [2.24, 2.45) is 0 Å². The van der Waals surface area contributed by atoms with E-state index in [1.165, 1.54) is 11.8 Å². The minimum absolute atomic E-state index is 0.0186. The maximum Gasteiger partial charge on any atom is 0.233 e. The zero-order valence-corrected chi connectivity index (χ0v) is 13.8. The van der Waals surface area contributed by atoms with Gasteiger partial charge in [-0.1, -0.05) is 41.4 Å². The van der Waals surface area contributed by atoms with Gasteiger partial charge >= 0.3 is 0 Å². The van der Waals surface area contributed by atoms with Gasteiger partial charge < -0.3 is 5.32 Å². The molecule has 0 saturated heterocycles. The Morgan fingerprint density at radius 2 is 1.81 bits per heavy atom. The highest BCUT2D eigenvalue weighted by atomic mass is 35.5. The van der Waals surface area contributed by atoms with Crippen LogP contribution in [0.2, 0.25) is 10.0 Å². The van der Waals surface area contributed by atoms with Crippen LogP contribution >= 0.6 is 35.0 Å². The monoisotopic (exact) mass is 339 g/mol. The third-order valence-corrected chi connectivity index (χ3v) is 4.64. The molecule has 0 aliphatic carbocycles. The van der Waals surface area contributed by atoms with E-state index in [9.17, 15) is 4.79 Å². The van der Waals surface area contributed by atoms with Crippen molar-refractivity contribution < 1.29 is 4.79 Å². The van der Waals surface area contributed by atoms with E-state index in [0.717, 1.165) is 10.5 Å². The number of carbonyl (C=O) groups excluding carboxylic acids is 1. The summed E-state index contributed by atoms with van der Waals surface area (Å²) >= 11 is 13.4. The molecule has 2 rings (SSSR count). The lowest BCUT2D eigenvalue weighted by Gasteiger charge is -2.12. The maximum absolute atomic E-state index is 12.1. The standard InChI is InChI=1S/C16H15Cl2NOS/c1-11(21-14-8-6-13(17)7-9-14)16(20)19-10-12-4-2-3-5-15(12)18/h2-9,11H,10H2,1H3,(H,19,20). The highest BCUT2D eigenvalue weighted by Gasteiger charge is 2.14. The average molecular weight is 340 g/mol. The first-order valence-corrected chi connectivity index (χ1v) is 8.13. The molecule has 0 bridgehead atoms. The van der Waals surface area contributed by atoms with Crippen LogP contribution < -0.4 is 5.32 Å². The van der Waals surface area contributed by atoms with Crippen molar-refractivity contribution in [2.45, 2.75) is 23.6 Å². The zero-order valence-electron chi connectivity index (χ0n) is 11.5. The molecule has 0 saturated carbocycles. The molecule has 0 aromatic heterocycles. The molecule has 1 amide bonds. The second kappa shape index (κ2) is 7.74. The predicted molar refractivity (Wildman–Crippen MR) is 90.1 cm³/mol. The number of halogens is 2. The lowest BCUT2D eigenvalue weighted by molar-refractivity contribution is -0.120. The number of rotatable bonds is 5. The molecule has 1 atom stereocenters. The van der Waals surface area contributed by atoms with E-state index < -0.39 is 0 Å². The van der Waals surface area contributed by atoms with Crippen molar-refractivity contribution in [3.8, 4) is 0 Å². The summed E-state index contributed by atoms with van der Waals surface area (Å²) in [4.78, 5) is 13.1. The van der Waals surface area contributed by atoms with Gasteiger partial charge in [0.05, 0.1) is 5.25 Å². The van der Waals surface area contributed by atoms with Crippen molar-refractivity contribution in [1.82, 2.24) is 5.32 Å². The van der Waals surface area contributed by atoms with Crippen molar-refractivity contribution in [3.05, 3.63) is 64.1 Å². The van der Waals surface area contributed by atoms with Gasteiger partial charge in [0.1, 0.15) is 0 Å². The van der Waals surface area contributed by atoms with Gasteiger partial charge in [0.15, 0.2) is 0 Å². The van der Waals surface area contributed by atoms with Gasteiger partial charge in [0.25, 0.3) is 0 Å². The van der Waals surface area contributed by atoms with Crippen LogP contribution in [-0.4, -0.2) is 11.2 Å². The molecule has 5 heteroatoms. The third-order valence-electron chi connectivity index (χ3n) is 2.91. The summed E-state index contributed by atoms with van der Waals surface area (Å²) in [5.41, 5.74) is 0.913. The van der Waals surface area contributed by atoms with E-state index >= 15 is 0 Å². The predicted octanol–water partition coefficient (Wildman–Crippen LogP) is 4.79. The number of nitrogens with one attached hydrogen (secondary N) is 1. The van der Waals surface area contributed by atoms with Crippen molar-refractivity contribution in [2.75, 3.05) is 0 Å². The smallest absolute Gasteiger partial charge is 0.233 e. The third kappa shape index (κ3) is 4.95. The Labute approximate surface area is 138 Å². The Kier molecular flexibility index (Phi) is 5.97. The molecule has 2 aromatic carbocycles. The second-order valence-corrected chi connectivity index (χ2v) is 6.78. The Morgan fingerprint density at radius 3 is 2.48 bits per heavy atom. The minimum Gasteiger partial charge on any atom is -0.351 e. The number of benzene rings is 2. The first-order valence-electron chi connectivity index (χ1n) is 6.49. The van der Waals surface area contributed by atoms with E-state index in [1.54, 1.807) is 0 Å². The summed E-state index contributed by atoms with van der Waals surface area (Å²) in [7, 11) is 0. The fourth-order valence-corrected chi connectivity index (χ4v) is 2.96. The number of hydrogen-bond acceptors (Lipinski definition) is 2. The highest BCUT2D eigenvalue weighted by molar-refractivity contribution is 8.00. The number of hydrogen-bond donors (Lipinski definition) is 1. The van der Waals surface area contributed by atoms with Crippen LogP contribution in [0.1, 0.15) is 12.5 Å². The van der Waals surface area contributed by atoms with Gasteiger partial charge in [-0.05, 0) is 42.8 Å². The Morgan fingerprint density at radius 1 is 1.14 bits per heavy atom. The second-order valence-electron chi connectivity index (χ2n) is 4.52. The number of amides is 1. The first-order chi connectivity index (χ1) is 10.1. The molecule has 0 radical (unpaired) electrons. The molecule has 0 spiro atoms. The summed E-state index contributed by atoms with van der Waals surface area (Å²) in [6, 6.07) is 14.9. The van der Waals surface area contributed by atoms with Crippen LogP contribution in [0.15, 0.2) is 53.4 Å². The molecular formula is C16H15Cl2NOS. The van der Waals surface area contributed by atoms with Crippen LogP contribution in [0.3, 0.4) is 0 Å². The fraction of sp³-hybridized carbons (Fsp3) is 0.188. The molecule has 2 aromatic rings. The van der Waals surface area contributed by atoms with Gasteiger partial charge in [0, 0.05) is 21.5 Å². The molecule has 0 aliphatic rings. The van der Waals surface area contributed by atoms with Crippen molar-refractivity contribution in [3.63, 3.8) is 0 Å². The fourth-order valence-electron chi connectivity index (χ4n) is 1.74. The van der Waals surface area contributed by atoms with Gasteiger partial charge in [0.2, 0.25) is 5.91 Å². The largest absolute Gasteiger partial charge is 0.351 e. The molecule has 0 aliphatic heterocycles. The molecule has 1 N–H and O–H groups in total. The van der Waals surface area contributed by atoms with Gasteiger partial charge in [-0.3, -0.25) is 4.79 Å². The summed E-state index contributed by atoms with van der Waals surface area (Å²) < 4.78 is 0. The van der Waals surface area contributed by atoms with Crippen molar-refractivity contribution >= 4 is 40.9 Å². The molecule has 110 valence electrons. The first kappa shape index (κ1) is 16.2. The molecule has 0 fully saturated rings. The van der Waals surface area contributed by atoms with Gasteiger partial charge in [-0.15, -0.1) is 11.8 Å². The topological polar surface area (TPSA) is 29.1 Å². The maximum atomic E-state index is 12.1. The van der Waals surface area contributed by atoms with Crippen LogP contribution in [-0.2, 0) is 11.3 Å². The highest BCUT2D eigenvalue weighted by Crippen LogP contribution is 2.25. The Bertz CT molecular complexity index is 616. The average Bonchev–Trinajstić information content (AvgIpc) is 2.48. The van der Waals surface area contributed by atoms with Gasteiger partial charge in [-0.2, -0.15) is 0 Å². The van der Waals surface area contributed by atoms with Crippen LogP contribution in [0.5, 0.6) is 0 Å². The normalized spacial score (nSPS) is 12.0. The lowest BCUT2D eigenvalue weighted by Crippen LogP contribution is -2.30. The Balaban J connectivity index is 1.88. The molecule has 2 nitrogen and oxygen atoms in total. The minimum atomic E-state index is -0.186. The summed E-state index contributed by atoms with van der Waals surface area (Å²) in [6.07, 6.45) is 0. The molecule has 21 heavy (non-hydrogen) atoms. The summed E-state index contributed by atoms with van der Waals surface area (Å²) in [6.45, 7) is 2.31. The lowest BCUT2D eigenvalue weighted by atomic mass is 10.2. The van der Waals surface area contributed by atoms with E-state index in [-0.39, 0.29) is 11.2 Å². The number of thioether (sulfide) groups is 1. The van der Waals surface area contributed by atoms with Crippen LogP contribution in [0.25, 0.3) is 0 Å². The summed E-state index contributed by atoms with van der Waals surface area (Å²) in [5, 5.41) is 4.07. The Hall–Kier alpha value is -1.16. The van der Waals surface area contributed by atoms with E-state index in [2.05, 4.69) is 5.32 Å². The van der Waals surface area contributed by atoms with E-state index in [1.807, 2.05) is 55.5 Å². The SMILES string of the molecule is CC(Sc1ccc(Cl)cc1)C(=O)NCc1ccccc1Cl. The molecular weight excluding hydrogens is 325 g/mol. The van der Waals surface area contributed by atoms with Crippen LogP contribution in [0.4, 0.5) is 0 Å². The van der Waals surface area contributed by atoms with Gasteiger partial charge in [-0.25, -0.2) is 0 Å². The zero-order chi connectivity index (χ0) is 15.2. The number of carbonyl (C=O) groups is 1. The van der Waals surface area contributed by atoms with Crippen molar-refractivity contribution in [1.29, 1.82) is 0 Å².